The van der Waals surface area contributed by atoms with Gasteiger partial charge >= 0.3 is 0 Å². The maximum Gasteiger partial charge on any atom is 0.299 e. The SMILES string of the molecule is COc1ccccc1/C=N\n1c(C(F)F)n[nH]c1=S. The van der Waals surface area contributed by atoms with E-state index < -0.39 is 12.2 Å². The number of halogens is 2. The highest BCUT2D eigenvalue weighted by Crippen LogP contribution is 2.17. The van der Waals surface area contributed by atoms with Crippen LogP contribution < -0.4 is 4.74 Å². The van der Waals surface area contributed by atoms with Gasteiger partial charge in [0.15, 0.2) is 0 Å². The molecule has 0 fully saturated rings. The molecule has 0 atom stereocenters. The van der Waals surface area contributed by atoms with Gasteiger partial charge in [0.1, 0.15) is 5.75 Å². The Hall–Kier alpha value is -2.09. The number of hydrogen-bond acceptors (Lipinski definition) is 4. The minimum absolute atomic E-state index is 0.00134. The van der Waals surface area contributed by atoms with Gasteiger partial charge in [-0.05, 0) is 24.4 Å². The van der Waals surface area contributed by atoms with Crippen LogP contribution >= 0.6 is 12.2 Å². The molecule has 8 heteroatoms. The smallest absolute Gasteiger partial charge is 0.299 e. The third-order valence-corrected chi connectivity index (χ3v) is 2.59. The number of rotatable bonds is 4. The Morgan fingerprint density at radius 3 is 2.89 bits per heavy atom. The second-order valence-electron chi connectivity index (χ2n) is 3.49. The fourth-order valence-corrected chi connectivity index (χ4v) is 1.64. The van der Waals surface area contributed by atoms with Crippen molar-refractivity contribution >= 4 is 18.4 Å². The van der Waals surface area contributed by atoms with Crippen molar-refractivity contribution in [2.75, 3.05) is 7.11 Å². The maximum atomic E-state index is 12.7. The van der Waals surface area contributed by atoms with E-state index in [1.807, 2.05) is 0 Å². The molecule has 0 spiro atoms. The second kappa shape index (κ2) is 5.70. The lowest BCUT2D eigenvalue weighted by molar-refractivity contribution is 0.136. The second-order valence-corrected chi connectivity index (χ2v) is 3.87. The number of benzene rings is 1. The monoisotopic (exact) mass is 284 g/mol. The van der Waals surface area contributed by atoms with Crippen molar-refractivity contribution in [3.8, 4) is 5.75 Å². The van der Waals surface area contributed by atoms with E-state index in [0.717, 1.165) is 4.68 Å². The van der Waals surface area contributed by atoms with Gasteiger partial charge in [0.05, 0.1) is 13.3 Å². The highest BCUT2D eigenvalue weighted by atomic mass is 32.1. The molecule has 100 valence electrons. The standard InChI is InChI=1S/C11H10F2N4OS/c1-18-8-5-3-2-4-7(8)6-14-17-10(9(12)13)15-16-11(17)19/h2-6,9H,1H3,(H,16,19)/b14-6-. The summed E-state index contributed by atoms with van der Waals surface area (Å²) >= 11 is 4.84. The molecule has 1 aromatic heterocycles. The number of aromatic nitrogens is 3. The van der Waals surface area contributed by atoms with Gasteiger partial charge in [0.2, 0.25) is 10.6 Å². The first-order chi connectivity index (χ1) is 9.13. The van der Waals surface area contributed by atoms with Crippen molar-refractivity contribution in [2.24, 2.45) is 5.10 Å². The van der Waals surface area contributed by atoms with Crippen molar-refractivity contribution in [1.29, 1.82) is 0 Å². The molecule has 2 aromatic rings. The van der Waals surface area contributed by atoms with Crippen LogP contribution in [-0.4, -0.2) is 28.2 Å². The molecule has 0 radical (unpaired) electrons. The van der Waals surface area contributed by atoms with Crippen molar-refractivity contribution < 1.29 is 13.5 Å². The van der Waals surface area contributed by atoms with E-state index >= 15 is 0 Å². The molecule has 19 heavy (non-hydrogen) atoms. The summed E-state index contributed by atoms with van der Waals surface area (Å²) in [6.45, 7) is 0. The lowest BCUT2D eigenvalue weighted by Crippen LogP contribution is -2.00. The van der Waals surface area contributed by atoms with Gasteiger partial charge in [-0.25, -0.2) is 13.9 Å². The predicted octanol–water partition coefficient (Wildman–Crippen LogP) is 2.77. The van der Waals surface area contributed by atoms with Crippen molar-refractivity contribution in [1.82, 2.24) is 14.9 Å². The lowest BCUT2D eigenvalue weighted by atomic mass is 10.2. The normalized spacial score (nSPS) is 11.4. The molecule has 1 N–H and O–H groups in total. The van der Waals surface area contributed by atoms with Crippen LogP contribution in [0.15, 0.2) is 29.4 Å². The van der Waals surface area contributed by atoms with Crippen molar-refractivity contribution in [3.05, 3.63) is 40.4 Å². The molecular weight excluding hydrogens is 274 g/mol. The summed E-state index contributed by atoms with van der Waals surface area (Å²) in [7, 11) is 1.51. The molecule has 0 unspecified atom stereocenters. The molecule has 2 rings (SSSR count). The summed E-state index contributed by atoms with van der Waals surface area (Å²) in [4.78, 5) is 0. The van der Waals surface area contributed by atoms with Crippen LogP contribution in [0.25, 0.3) is 0 Å². The van der Waals surface area contributed by atoms with Crippen LogP contribution in [0.5, 0.6) is 5.75 Å². The molecule has 1 heterocycles. The quantitative estimate of drug-likeness (QED) is 0.694. The Balaban J connectivity index is 2.38. The highest BCUT2D eigenvalue weighted by Gasteiger charge is 2.16. The van der Waals surface area contributed by atoms with Crippen molar-refractivity contribution in [3.63, 3.8) is 0 Å². The Bertz CT molecular complexity index is 650. The first-order valence-electron chi connectivity index (χ1n) is 5.26. The zero-order valence-corrected chi connectivity index (χ0v) is 10.7. The van der Waals surface area contributed by atoms with E-state index in [-0.39, 0.29) is 4.77 Å². The van der Waals surface area contributed by atoms with Gasteiger partial charge in [0, 0.05) is 5.56 Å². The minimum Gasteiger partial charge on any atom is -0.496 e. The molecule has 0 aliphatic heterocycles. The number of aromatic amines is 1. The molecule has 0 aliphatic rings. The number of methoxy groups -OCH3 is 1. The molecule has 0 bridgehead atoms. The Kier molecular flexibility index (Phi) is 4.00. The fraction of sp³-hybridized carbons (Fsp3) is 0.182. The van der Waals surface area contributed by atoms with E-state index in [2.05, 4.69) is 15.3 Å². The van der Waals surface area contributed by atoms with Crippen molar-refractivity contribution in [2.45, 2.75) is 6.43 Å². The van der Waals surface area contributed by atoms with E-state index in [4.69, 9.17) is 17.0 Å². The summed E-state index contributed by atoms with van der Waals surface area (Å²) in [5, 5.41) is 9.59. The molecule has 0 saturated carbocycles. The summed E-state index contributed by atoms with van der Waals surface area (Å²) in [5.41, 5.74) is 0.647. The molecular formula is C11H10F2N4OS. The number of para-hydroxylation sites is 1. The summed E-state index contributed by atoms with van der Waals surface area (Å²) in [6.07, 6.45) is -1.38. The van der Waals surface area contributed by atoms with Gasteiger partial charge in [-0.15, -0.1) is 0 Å². The number of nitrogens with one attached hydrogen (secondary N) is 1. The van der Waals surface area contributed by atoms with Gasteiger partial charge < -0.3 is 4.74 Å². The van der Waals surface area contributed by atoms with Gasteiger partial charge in [0.25, 0.3) is 6.43 Å². The number of nitrogens with zero attached hydrogens (tertiary/aromatic N) is 3. The average Bonchev–Trinajstić information content (AvgIpc) is 2.78. The highest BCUT2D eigenvalue weighted by molar-refractivity contribution is 7.71. The number of alkyl halides is 2. The van der Waals surface area contributed by atoms with Crippen LogP contribution in [-0.2, 0) is 0 Å². The Labute approximate surface area is 112 Å². The first-order valence-corrected chi connectivity index (χ1v) is 5.67. The van der Waals surface area contributed by atoms with Crippen LogP contribution in [0.3, 0.4) is 0 Å². The van der Waals surface area contributed by atoms with E-state index in [1.54, 1.807) is 24.3 Å². The maximum absolute atomic E-state index is 12.7. The third kappa shape index (κ3) is 2.84. The molecule has 0 saturated heterocycles. The van der Waals surface area contributed by atoms with Crippen LogP contribution in [0.2, 0.25) is 0 Å². The summed E-state index contributed by atoms with van der Waals surface area (Å²) in [6, 6.07) is 7.06. The number of H-pyrrole nitrogens is 1. The molecule has 0 aliphatic carbocycles. The number of hydrogen-bond donors (Lipinski definition) is 1. The Morgan fingerprint density at radius 1 is 1.47 bits per heavy atom. The Morgan fingerprint density at radius 2 is 2.21 bits per heavy atom. The largest absolute Gasteiger partial charge is 0.496 e. The van der Waals surface area contributed by atoms with Crippen LogP contribution in [0.1, 0.15) is 17.8 Å². The van der Waals surface area contributed by atoms with E-state index in [0.29, 0.717) is 11.3 Å². The zero-order valence-electron chi connectivity index (χ0n) is 9.88. The van der Waals surface area contributed by atoms with Crippen LogP contribution in [0, 0.1) is 4.77 Å². The molecule has 0 amide bonds. The first kappa shape index (κ1) is 13.3. The van der Waals surface area contributed by atoms with Crippen LogP contribution in [0.4, 0.5) is 8.78 Å². The zero-order chi connectivity index (χ0) is 13.8. The minimum atomic E-state index is -2.76. The van der Waals surface area contributed by atoms with E-state index in [1.165, 1.54) is 13.3 Å². The summed E-state index contributed by atoms with van der Waals surface area (Å²) in [5.74, 6) is 0.0519. The number of ether oxygens (including phenoxy) is 1. The lowest BCUT2D eigenvalue weighted by Gasteiger charge is -2.03. The van der Waals surface area contributed by atoms with Gasteiger partial charge in [-0.1, -0.05) is 12.1 Å². The predicted molar refractivity (Wildman–Crippen MR) is 68.4 cm³/mol. The average molecular weight is 284 g/mol. The molecule has 5 nitrogen and oxygen atoms in total. The van der Waals surface area contributed by atoms with Gasteiger partial charge in [-0.3, -0.25) is 0 Å². The third-order valence-electron chi connectivity index (χ3n) is 2.32. The fourth-order valence-electron chi connectivity index (χ4n) is 1.45. The molecule has 1 aromatic carbocycles. The summed E-state index contributed by atoms with van der Waals surface area (Å²) < 4.78 is 31.3. The van der Waals surface area contributed by atoms with E-state index in [9.17, 15) is 8.78 Å². The topological polar surface area (TPSA) is 55.2 Å². The van der Waals surface area contributed by atoms with Gasteiger partial charge in [-0.2, -0.15) is 14.9 Å².